The lowest BCUT2D eigenvalue weighted by Gasteiger charge is -2.26. The molecule has 0 radical (unpaired) electrons. The maximum absolute atomic E-state index is 14.7. The van der Waals surface area contributed by atoms with Crippen molar-refractivity contribution in [3.63, 3.8) is 0 Å². The van der Waals surface area contributed by atoms with E-state index in [4.69, 9.17) is 4.52 Å². The lowest BCUT2D eigenvalue weighted by atomic mass is 9.94. The highest BCUT2D eigenvalue weighted by atomic mass is 19.1. The minimum absolute atomic E-state index is 0.0580. The molecule has 6 nitrogen and oxygen atoms in total. The fraction of sp³-hybridized carbons (Fsp3) is 0.438. The Kier molecular flexibility index (Phi) is 5.03. The molecule has 1 aliphatic rings. The largest absolute Gasteiger partial charge is 0.352 e. The number of rotatable bonds is 5. The smallest absolute Gasteiger partial charge is 0.264 e. The Morgan fingerprint density at radius 2 is 2.08 bits per heavy atom. The summed E-state index contributed by atoms with van der Waals surface area (Å²) in [4.78, 5) is 15.9. The van der Waals surface area contributed by atoms with Crippen LogP contribution in [0.3, 0.4) is 0 Å². The number of carbonyl (C=O) groups is 1. The van der Waals surface area contributed by atoms with E-state index < -0.39 is 23.2 Å². The van der Waals surface area contributed by atoms with E-state index in [9.17, 15) is 18.0 Å². The van der Waals surface area contributed by atoms with Crippen LogP contribution in [0.4, 0.5) is 13.2 Å². The molecule has 3 rings (SSSR count). The highest BCUT2D eigenvalue weighted by Crippen LogP contribution is 2.33. The van der Waals surface area contributed by atoms with Crippen molar-refractivity contribution >= 4 is 5.91 Å². The van der Waals surface area contributed by atoms with E-state index in [1.165, 1.54) is 6.07 Å². The first-order chi connectivity index (χ1) is 12.0. The van der Waals surface area contributed by atoms with E-state index >= 15 is 0 Å². The summed E-state index contributed by atoms with van der Waals surface area (Å²) in [6, 6.07) is 3.10. The van der Waals surface area contributed by atoms with E-state index in [1.54, 1.807) is 0 Å². The van der Waals surface area contributed by atoms with Crippen molar-refractivity contribution in [1.29, 1.82) is 0 Å². The first kappa shape index (κ1) is 17.4. The molecule has 1 aromatic heterocycles. The average Bonchev–Trinajstić information content (AvgIpc) is 3.04. The SMILES string of the molecule is O=C(Cc1noc(C2(F)CCNCC2)n1)NCc1ccc(F)cc1F. The minimum Gasteiger partial charge on any atom is -0.352 e. The summed E-state index contributed by atoms with van der Waals surface area (Å²) in [6.07, 6.45) is 0.232. The molecule has 0 unspecified atom stereocenters. The molecule has 1 aromatic carbocycles. The third kappa shape index (κ3) is 4.16. The molecule has 0 saturated carbocycles. The van der Waals surface area contributed by atoms with Crippen molar-refractivity contribution in [2.24, 2.45) is 0 Å². The number of carbonyl (C=O) groups excluding carboxylic acids is 1. The van der Waals surface area contributed by atoms with E-state index in [1.807, 2.05) is 0 Å². The minimum atomic E-state index is -1.68. The van der Waals surface area contributed by atoms with E-state index in [2.05, 4.69) is 20.8 Å². The number of amides is 1. The summed E-state index contributed by atoms with van der Waals surface area (Å²) in [6.45, 7) is 0.921. The molecular weight excluding hydrogens is 337 g/mol. The van der Waals surface area contributed by atoms with Gasteiger partial charge in [0.15, 0.2) is 11.5 Å². The van der Waals surface area contributed by atoms with Crippen LogP contribution in [0.1, 0.15) is 30.1 Å². The van der Waals surface area contributed by atoms with Crippen LogP contribution in [-0.4, -0.2) is 29.1 Å². The quantitative estimate of drug-likeness (QED) is 0.855. The Labute approximate surface area is 141 Å². The second-order valence-corrected chi connectivity index (χ2v) is 5.92. The van der Waals surface area contributed by atoms with Gasteiger partial charge in [0.2, 0.25) is 5.91 Å². The maximum atomic E-state index is 14.7. The second-order valence-electron chi connectivity index (χ2n) is 5.92. The van der Waals surface area contributed by atoms with Crippen LogP contribution in [0.2, 0.25) is 0 Å². The van der Waals surface area contributed by atoms with E-state index in [0.29, 0.717) is 13.1 Å². The molecule has 9 heteroatoms. The number of nitrogens with one attached hydrogen (secondary N) is 2. The number of halogens is 3. The van der Waals surface area contributed by atoms with Gasteiger partial charge >= 0.3 is 0 Å². The van der Waals surface area contributed by atoms with Gasteiger partial charge in [-0.3, -0.25) is 4.79 Å². The van der Waals surface area contributed by atoms with E-state index in [-0.39, 0.29) is 43.1 Å². The van der Waals surface area contributed by atoms with Gasteiger partial charge in [0, 0.05) is 31.0 Å². The number of benzene rings is 1. The number of nitrogens with zero attached hydrogens (tertiary/aromatic N) is 2. The maximum Gasteiger partial charge on any atom is 0.264 e. The van der Waals surface area contributed by atoms with Gasteiger partial charge in [-0.1, -0.05) is 11.2 Å². The number of hydrogen-bond donors (Lipinski definition) is 2. The van der Waals surface area contributed by atoms with Crippen molar-refractivity contribution in [1.82, 2.24) is 20.8 Å². The van der Waals surface area contributed by atoms with Gasteiger partial charge in [-0.05, 0) is 19.2 Å². The van der Waals surface area contributed by atoms with Gasteiger partial charge in [0.1, 0.15) is 11.6 Å². The van der Waals surface area contributed by atoms with Gasteiger partial charge < -0.3 is 15.2 Å². The third-order valence-electron chi connectivity index (χ3n) is 4.06. The zero-order valence-electron chi connectivity index (χ0n) is 13.3. The van der Waals surface area contributed by atoms with Crippen LogP contribution in [0.25, 0.3) is 0 Å². The normalized spacial score (nSPS) is 16.6. The van der Waals surface area contributed by atoms with Crippen molar-refractivity contribution in [2.45, 2.75) is 31.5 Å². The van der Waals surface area contributed by atoms with Gasteiger partial charge in [-0.15, -0.1) is 0 Å². The zero-order chi connectivity index (χ0) is 17.9. The lowest BCUT2D eigenvalue weighted by Crippen LogP contribution is -2.37. The molecule has 1 saturated heterocycles. The highest BCUT2D eigenvalue weighted by molar-refractivity contribution is 5.77. The summed E-state index contributed by atoms with van der Waals surface area (Å²) in [5, 5.41) is 9.15. The van der Waals surface area contributed by atoms with Crippen molar-refractivity contribution in [3.05, 3.63) is 47.1 Å². The Balaban J connectivity index is 1.56. The Morgan fingerprint density at radius 3 is 2.80 bits per heavy atom. The molecule has 0 spiro atoms. The molecule has 2 heterocycles. The first-order valence-corrected chi connectivity index (χ1v) is 7.90. The zero-order valence-corrected chi connectivity index (χ0v) is 13.3. The Hall–Kier alpha value is -2.42. The fourth-order valence-electron chi connectivity index (χ4n) is 2.61. The second kappa shape index (κ2) is 7.22. The van der Waals surface area contributed by atoms with Crippen LogP contribution in [-0.2, 0) is 23.4 Å². The van der Waals surface area contributed by atoms with Gasteiger partial charge in [-0.2, -0.15) is 4.98 Å². The molecule has 25 heavy (non-hydrogen) atoms. The van der Waals surface area contributed by atoms with Crippen LogP contribution < -0.4 is 10.6 Å². The van der Waals surface area contributed by atoms with Gasteiger partial charge in [0.25, 0.3) is 5.89 Å². The molecule has 1 amide bonds. The topological polar surface area (TPSA) is 80.1 Å². The summed E-state index contributed by atoms with van der Waals surface area (Å²) in [5.41, 5.74) is -1.52. The Bertz CT molecular complexity index is 760. The molecule has 134 valence electrons. The van der Waals surface area contributed by atoms with Crippen LogP contribution in [0, 0.1) is 11.6 Å². The number of alkyl halides is 1. The van der Waals surface area contributed by atoms with Gasteiger partial charge in [-0.25, -0.2) is 13.2 Å². The van der Waals surface area contributed by atoms with Gasteiger partial charge in [0.05, 0.1) is 6.42 Å². The fourth-order valence-corrected chi connectivity index (χ4v) is 2.61. The van der Waals surface area contributed by atoms with Crippen LogP contribution in [0.5, 0.6) is 0 Å². The molecule has 2 N–H and O–H groups in total. The molecular formula is C16H17F3N4O2. The number of piperidine rings is 1. The molecule has 0 atom stereocenters. The average molecular weight is 354 g/mol. The summed E-state index contributed by atoms with van der Waals surface area (Å²) in [5.74, 6) is -1.98. The molecule has 1 aliphatic heterocycles. The monoisotopic (exact) mass is 354 g/mol. The van der Waals surface area contributed by atoms with E-state index in [0.717, 1.165) is 12.1 Å². The summed E-state index contributed by atoms with van der Waals surface area (Å²) in [7, 11) is 0. The Morgan fingerprint density at radius 1 is 1.32 bits per heavy atom. The van der Waals surface area contributed by atoms with Crippen molar-refractivity contribution in [3.8, 4) is 0 Å². The first-order valence-electron chi connectivity index (χ1n) is 7.90. The molecule has 0 bridgehead atoms. The standard InChI is InChI=1S/C16H17F3N4O2/c17-11-2-1-10(12(18)7-11)9-21-14(24)8-13-22-15(25-23-13)16(19)3-5-20-6-4-16/h1-2,7,20H,3-6,8-9H2,(H,21,24). The number of hydrogen-bond acceptors (Lipinski definition) is 5. The van der Waals surface area contributed by atoms with Crippen LogP contribution >= 0.6 is 0 Å². The molecule has 1 fully saturated rings. The van der Waals surface area contributed by atoms with Crippen molar-refractivity contribution < 1.29 is 22.5 Å². The van der Waals surface area contributed by atoms with Crippen molar-refractivity contribution in [2.75, 3.05) is 13.1 Å². The predicted octanol–water partition coefficient (Wildman–Crippen LogP) is 1.75. The predicted molar refractivity (Wildman–Crippen MR) is 81.1 cm³/mol. The summed E-state index contributed by atoms with van der Waals surface area (Å²) < 4.78 is 46.0. The van der Waals surface area contributed by atoms with Crippen LogP contribution in [0.15, 0.2) is 22.7 Å². The lowest BCUT2D eigenvalue weighted by molar-refractivity contribution is -0.120. The number of aromatic nitrogens is 2. The molecule has 2 aromatic rings. The molecule has 0 aliphatic carbocycles. The third-order valence-corrected chi connectivity index (χ3v) is 4.06. The highest BCUT2D eigenvalue weighted by Gasteiger charge is 2.39. The summed E-state index contributed by atoms with van der Waals surface area (Å²) >= 11 is 0.